The van der Waals surface area contributed by atoms with Gasteiger partial charge in [-0.1, -0.05) is 0 Å². The van der Waals surface area contributed by atoms with Crippen LogP contribution in [0.4, 0.5) is 5.88 Å². The predicted molar refractivity (Wildman–Crippen MR) is 71.7 cm³/mol. The van der Waals surface area contributed by atoms with Gasteiger partial charge >= 0.3 is 5.88 Å². The zero-order valence-corrected chi connectivity index (χ0v) is 11.4. The Hall–Kier alpha value is -2.57. The average Bonchev–Trinajstić information content (AvgIpc) is 3.00. The maximum atomic E-state index is 12.6. The van der Waals surface area contributed by atoms with Gasteiger partial charge in [0.15, 0.2) is 5.76 Å². The van der Waals surface area contributed by atoms with Crippen LogP contribution in [0.25, 0.3) is 0 Å². The quantitative estimate of drug-likeness (QED) is 0.623. The fourth-order valence-electron chi connectivity index (χ4n) is 2.34. The van der Waals surface area contributed by atoms with Gasteiger partial charge in [0.25, 0.3) is 5.91 Å². The fraction of sp³-hybridized carbons (Fsp3) is 0.357. The first-order chi connectivity index (χ1) is 10.1. The Morgan fingerprint density at radius 2 is 2.19 bits per heavy atom. The molecule has 2 aromatic heterocycles. The first-order valence-electron chi connectivity index (χ1n) is 6.68. The Morgan fingerprint density at radius 1 is 1.43 bits per heavy atom. The number of rotatable bonds is 5. The summed E-state index contributed by atoms with van der Waals surface area (Å²) in [7, 11) is 0. The molecule has 0 bridgehead atoms. The number of nitro groups is 1. The molecule has 1 aliphatic rings. The number of furan rings is 2. The van der Waals surface area contributed by atoms with Crippen molar-refractivity contribution < 1.29 is 18.6 Å². The third-order valence-electron chi connectivity index (χ3n) is 3.53. The van der Waals surface area contributed by atoms with Gasteiger partial charge in [0.2, 0.25) is 0 Å². The molecular formula is C14H14N2O5. The Balaban J connectivity index is 1.86. The van der Waals surface area contributed by atoms with Gasteiger partial charge in [0.05, 0.1) is 18.4 Å². The summed E-state index contributed by atoms with van der Waals surface area (Å²) in [5.41, 5.74) is 0. The fourth-order valence-corrected chi connectivity index (χ4v) is 2.34. The number of nitrogens with zero attached hydrogens (tertiary/aromatic N) is 2. The van der Waals surface area contributed by atoms with Crippen molar-refractivity contribution in [2.45, 2.75) is 31.8 Å². The summed E-state index contributed by atoms with van der Waals surface area (Å²) in [6, 6.07) is 5.98. The van der Waals surface area contributed by atoms with Crippen molar-refractivity contribution in [3.05, 3.63) is 52.2 Å². The van der Waals surface area contributed by atoms with Crippen molar-refractivity contribution in [3.8, 4) is 0 Å². The number of carbonyl (C=O) groups is 1. The lowest BCUT2D eigenvalue weighted by Crippen LogP contribution is -2.35. The van der Waals surface area contributed by atoms with Crippen molar-refractivity contribution in [1.29, 1.82) is 0 Å². The van der Waals surface area contributed by atoms with Crippen LogP contribution < -0.4 is 0 Å². The Bertz CT molecular complexity index is 657. The van der Waals surface area contributed by atoms with Crippen molar-refractivity contribution in [1.82, 2.24) is 4.90 Å². The van der Waals surface area contributed by atoms with Gasteiger partial charge in [-0.3, -0.25) is 14.9 Å². The molecule has 1 atom stereocenters. The first kappa shape index (κ1) is 13.4. The third kappa shape index (κ3) is 2.54. The van der Waals surface area contributed by atoms with E-state index in [4.69, 9.17) is 8.83 Å². The molecule has 0 aliphatic heterocycles. The van der Waals surface area contributed by atoms with Crippen molar-refractivity contribution in [2.24, 2.45) is 0 Å². The molecule has 0 aromatic carbocycles. The third-order valence-corrected chi connectivity index (χ3v) is 3.53. The molecular weight excluding hydrogens is 276 g/mol. The van der Waals surface area contributed by atoms with Crippen LogP contribution in [0.15, 0.2) is 39.4 Å². The van der Waals surface area contributed by atoms with E-state index in [1.54, 1.807) is 23.3 Å². The number of carbonyl (C=O) groups excluding carboxylic acids is 1. The first-order valence-corrected chi connectivity index (χ1v) is 6.68. The summed E-state index contributed by atoms with van der Waals surface area (Å²) in [6.07, 6.45) is 3.39. The lowest BCUT2D eigenvalue weighted by atomic mass is 10.2. The highest BCUT2D eigenvalue weighted by Crippen LogP contribution is 2.36. The summed E-state index contributed by atoms with van der Waals surface area (Å²) < 4.78 is 10.4. The van der Waals surface area contributed by atoms with Crippen LogP contribution in [-0.4, -0.2) is 21.8 Å². The second kappa shape index (κ2) is 5.08. The molecule has 0 N–H and O–H groups in total. The van der Waals surface area contributed by atoms with Crippen molar-refractivity contribution >= 4 is 11.8 Å². The van der Waals surface area contributed by atoms with Gasteiger partial charge < -0.3 is 13.7 Å². The molecule has 7 heteroatoms. The molecule has 0 saturated heterocycles. The zero-order chi connectivity index (χ0) is 15.0. The number of hydrogen-bond acceptors (Lipinski definition) is 5. The minimum atomic E-state index is -0.659. The van der Waals surface area contributed by atoms with E-state index in [1.807, 2.05) is 6.92 Å². The SMILES string of the molecule is C[C@@H](c1ccco1)N(C(=O)c1ccc([N+](=O)[O-])o1)C1CC1. The van der Waals surface area contributed by atoms with E-state index in [0.29, 0.717) is 5.76 Å². The molecule has 1 fully saturated rings. The van der Waals surface area contributed by atoms with Crippen LogP contribution in [0, 0.1) is 10.1 Å². The molecule has 1 aliphatic carbocycles. The minimum Gasteiger partial charge on any atom is -0.467 e. The lowest BCUT2D eigenvalue weighted by Gasteiger charge is -2.27. The summed E-state index contributed by atoms with van der Waals surface area (Å²) in [6.45, 7) is 1.87. The summed E-state index contributed by atoms with van der Waals surface area (Å²) in [5, 5.41) is 10.6. The maximum absolute atomic E-state index is 12.6. The predicted octanol–water partition coefficient (Wildman–Crippen LogP) is 3.15. The molecule has 7 nitrogen and oxygen atoms in total. The normalized spacial score (nSPS) is 15.7. The second-order valence-electron chi connectivity index (χ2n) is 5.03. The van der Waals surface area contributed by atoms with Crippen molar-refractivity contribution in [2.75, 3.05) is 0 Å². The standard InChI is InChI=1S/C14H14N2O5/c1-9(11-3-2-8-20-11)15(10-4-5-10)14(17)12-6-7-13(21-12)16(18)19/h2-3,6-10H,4-5H2,1H3/t9-/m0/s1. The van der Waals surface area contributed by atoms with E-state index < -0.39 is 10.8 Å². The molecule has 1 amide bonds. The van der Waals surface area contributed by atoms with Gasteiger partial charge in [-0.2, -0.15) is 0 Å². The molecule has 3 rings (SSSR count). The molecule has 110 valence electrons. The van der Waals surface area contributed by atoms with Crippen LogP contribution in [0.3, 0.4) is 0 Å². The number of amides is 1. The van der Waals surface area contributed by atoms with Gasteiger partial charge in [-0.15, -0.1) is 0 Å². The van der Waals surface area contributed by atoms with E-state index in [2.05, 4.69) is 0 Å². The van der Waals surface area contributed by atoms with E-state index in [0.717, 1.165) is 12.8 Å². The zero-order valence-electron chi connectivity index (χ0n) is 11.4. The maximum Gasteiger partial charge on any atom is 0.433 e. The van der Waals surface area contributed by atoms with E-state index in [9.17, 15) is 14.9 Å². The average molecular weight is 290 g/mol. The molecule has 2 heterocycles. The highest BCUT2D eigenvalue weighted by Gasteiger charge is 2.39. The Kier molecular flexibility index (Phi) is 3.25. The van der Waals surface area contributed by atoms with Crippen LogP contribution in [0.5, 0.6) is 0 Å². The van der Waals surface area contributed by atoms with Crippen LogP contribution in [-0.2, 0) is 0 Å². The monoisotopic (exact) mass is 290 g/mol. The van der Waals surface area contributed by atoms with Gasteiger partial charge in [0.1, 0.15) is 10.7 Å². The Morgan fingerprint density at radius 3 is 2.71 bits per heavy atom. The second-order valence-corrected chi connectivity index (χ2v) is 5.03. The van der Waals surface area contributed by atoms with Crippen LogP contribution >= 0.6 is 0 Å². The Labute approximate surface area is 120 Å². The largest absolute Gasteiger partial charge is 0.467 e. The molecule has 21 heavy (non-hydrogen) atoms. The summed E-state index contributed by atoms with van der Waals surface area (Å²) in [4.78, 5) is 24.2. The highest BCUT2D eigenvalue weighted by molar-refractivity contribution is 5.92. The summed E-state index contributed by atoms with van der Waals surface area (Å²) >= 11 is 0. The summed E-state index contributed by atoms with van der Waals surface area (Å²) in [5.74, 6) is -0.127. The molecule has 0 spiro atoms. The van der Waals surface area contributed by atoms with Gasteiger partial charge in [-0.25, -0.2) is 0 Å². The molecule has 0 radical (unpaired) electrons. The van der Waals surface area contributed by atoms with Gasteiger partial charge in [0, 0.05) is 6.04 Å². The lowest BCUT2D eigenvalue weighted by molar-refractivity contribution is -0.402. The van der Waals surface area contributed by atoms with Crippen LogP contribution in [0.2, 0.25) is 0 Å². The number of hydrogen-bond donors (Lipinski definition) is 0. The van der Waals surface area contributed by atoms with E-state index >= 15 is 0 Å². The smallest absolute Gasteiger partial charge is 0.433 e. The van der Waals surface area contributed by atoms with E-state index in [-0.39, 0.29) is 23.8 Å². The molecule has 1 saturated carbocycles. The van der Waals surface area contributed by atoms with E-state index in [1.165, 1.54) is 12.1 Å². The van der Waals surface area contributed by atoms with Crippen molar-refractivity contribution in [3.63, 3.8) is 0 Å². The minimum absolute atomic E-state index is 0.0213. The van der Waals surface area contributed by atoms with Crippen LogP contribution in [0.1, 0.15) is 42.1 Å². The molecule has 0 unspecified atom stereocenters. The highest BCUT2D eigenvalue weighted by atomic mass is 16.6. The van der Waals surface area contributed by atoms with Gasteiger partial charge in [-0.05, 0) is 38.0 Å². The molecule has 2 aromatic rings. The topological polar surface area (TPSA) is 89.7 Å².